The molecule has 0 aliphatic rings. The lowest BCUT2D eigenvalue weighted by Crippen LogP contribution is -1.86. The third-order valence-electron chi connectivity index (χ3n) is 3.12. The predicted molar refractivity (Wildman–Crippen MR) is 76.9 cm³/mol. The molecule has 0 spiro atoms. The largest absolute Gasteiger partial charge is 0.256 e. The Hall–Kier alpha value is -1.86. The summed E-state index contributed by atoms with van der Waals surface area (Å²) in [5.41, 5.74) is 3.12. The molecule has 0 aliphatic heterocycles. The van der Waals surface area contributed by atoms with E-state index in [1.807, 2.05) is 43.5 Å². The Balaban J connectivity index is 2.28. The van der Waals surface area contributed by atoms with E-state index in [4.69, 9.17) is 11.6 Å². The number of rotatable bonds is 1. The van der Waals surface area contributed by atoms with Gasteiger partial charge in [0.15, 0.2) is 0 Å². The van der Waals surface area contributed by atoms with E-state index in [-0.39, 0.29) is 0 Å². The predicted octanol–water partition coefficient (Wildman–Crippen LogP) is 4.86. The van der Waals surface area contributed by atoms with Crippen LogP contribution in [0.15, 0.2) is 54.7 Å². The van der Waals surface area contributed by atoms with Crippen LogP contribution in [0.2, 0.25) is 5.02 Å². The van der Waals surface area contributed by atoms with E-state index in [1.165, 1.54) is 5.39 Å². The molecule has 3 aromatic rings. The van der Waals surface area contributed by atoms with E-state index in [0.29, 0.717) is 0 Å². The van der Waals surface area contributed by atoms with Crippen molar-refractivity contribution in [1.29, 1.82) is 0 Å². The van der Waals surface area contributed by atoms with Gasteiger partial charge in [-0.05, 0) is 30.0 Å². The molecule has 0 aliphatic carbocycles. The van der Waals surface area contributed by atoms with E-state index in [1.54, 1.807) is 0 Å². The topological polar surface area (TPSA) is 12.9 Å². The monoisotopic (exact) mass is 253 g/mol. The van der Waals surface area contributed by atoms with Crippen molar-refractivity contribution >= 4 is 22.4 Å². The van der Waals surface area contributed by atoms with Gasteiger partial charge in [0, 0.05) is 22.2 Å². The number of fused-ring (bicyclic) bond motifs is 1. The minimum absolute atomic E-state index is 0.780. The molecule has 0 atom stereocenters. The van der Waals surface area contributed by atoms with Gasteiger partial charge in [-0.1, -0.05) is 48.0 Å². The Morgan fingerprint density at radius 3 is 2.67 bits per heavy atom. The molecule has 0 saturated heterocycles. The van der Waals surface area contributed by atoms with Gasteiger partial charge in [-0.25, -0.2) is 0 Å². The lowest BCUT2D eigenvalue weighted by Gasteiger charge is -2.07. The highest BCUT2D eigenvalue weighted by atomic mass is 35.5. The second-order valence-corrected chi connectivity index (χ2v) is 4.75. The smallest absolute Gasteiger partial charge is 0.0780 e. The maximum Gasteiger partial charge on any atom is 0.0780 e. The highest BCUT2D eigenvalue weighted by molar-refractivity contribution is 6.31. The lowest BCUT2D eigenvalue weighted by atomic mass is 10.0. The molecular weight excluding hydrogens is 242 g/mol. The second-order valence-electron chi connectivity index (χ2n) is 4.34. The molecular formula is C16H12ClN. The quantitative estimate of drug-likeness (QED) is 0.603. The minimum atomic E-state index is 0.780. The maximum absolute atomic E-state index is 6.19. The number of hydrogen-bond donors (Lipinski definition) is 0. The van der Waals surface area contributed by atoms with Crippen LogP contribution in [0.25, 0.3) is 22.0 Å². The van der Waals surface area contributed by atoms with Crippen LogP contribution in [0.3, 0.4) is 0 Å². The van der Waals surface area contributed by atoms with Crippen molar-refractivity contribution in [2.75, 3.05) is 0 Å². The molecule has 3 rings (SSSR count). The van der Waals surface area contributed by atoms with Crippen LogP contribution in [0.4, 0.5) is 0 Å². The molecule has 0 N–H and O–H groups in total. The van der Waals surface area contributed by atoms with E-state index in [9.17, 15) is 0 Å². The lowest BCUT2D eigenvalue weighted by molar-refractivity contribution is 1.35. The highest BCUT2D eigenvalue weighted by Gasteiger charge is 2.06. The fraction of sp³-hybridized carbons (Fsp3) is 0.0625. The molecule has 2 heteroatoms. The molecule has 1 heterocycles. The number of halogens is 1. The summed E-state index contributed by atoms with van der Waals surface area (Å²) in [4.78, 5) is 4.49. The standard InChI is InChI=1S/C16H12ClN/c1-11-6-7-13(10-15(11)17)16-14-5-3-2-4-12(14)8-9-18-16/h2-10H,1H3. The number of aryl methyl sites for hydroxylation is 1. The number of hydrogen-bond acceptors (Lipinski definition) is 1. The Labute approximate surface area is 111 Å². The Bertz CT molecular complexity index is 714. The summed E-state index contributed by atoms with van der Waals surface area (Å²) in [7, 11) is 0. The summed E-state index contributed by atoms with van der Waals surface area (Å²) in [6, 6.07) is 16.3. The summed E-state index contributed by atoms with van der Waals surface area (Å²) in [6.07, 6.45) is 1.84. The zero-order valence-electron chi connectivity index (χ0n) is 10.0. The van der Waals surface area contributed by atoms with Gasteiger partial charge in [0.25, 0.3) is 0 Å². The second kappa shape index (κ2) is 4.43. The number of pyridine rings is 1. The van der Waals surface area contributed by atoms with Gasteiger partial charge in [-0.3, -0.25) is 4.98 Å². The Kier molecular flexibility index (Phi) is 2.77. The van der Waals surface area contributed by atoms with Gasteiger partial charge in [-0.2, -0.15) is 0 Å². The summed E-state index contributed by atoms with van der Waals surface area (Å²) in [5, 5.41) is 3.13. The van der Waals surface area contributed by atoms with Crippen molar-refractivity contribution in [3.8, 4) is 11.3 Å². The molecule has 0 fully saturated rings. The third kappa shape index (κ3) is 1.87. The van der Waals surface area contributed by atoms with Gasteiger partial charge >= 0.3 is 0 Å². The van der Waals surface area contributed by atoms with E-state index in [0.717, 1.165) is 27.2 Å². The fourth-order valence-corrected chi connectivity index (χ4v) is 2.27. The zero-order valence-corrected chi connectivity index (χ0v) is 10.8. The molecule has 0 unspecified atom stereocenters. The first-order valence-electron chi connectivity index (χ1n) is 5.86. The van der Waals surface area contributed by atoms with Crippen molar-refractivity contribution < 1.29 is 0 Å². The van der Waals surface area contributed by atoms with Crippen LogP contribution in [-0.2, 0) is 0 Å². The number of benzene rings is 2. The SMILES string of the molecule is Cc1ccc(-c2nccc3ccccc23)cc1Cl. The van der Waals surface area contributed by atoms with Gasteiger partial charge in [0.2, 0.25) is 0 Å². The number of aromatic nitrogens is 1. The van der Waals surface area contributed by atoms with Crippen molar-refractivity contribution in [1.82, 2.24) is 4.98 Å². The molecule has 1 aromatic heterocycles. The highest BCUT2D eigenvalue weighted by Crippen LogP contribution is 2.29. The summed E-state index contributed by atoms with van der Waals surface area (Å²) in [5.74, 6) is 0. The average Bonchev–Trinajstić information content (AvgIpc) is 2.41. The fourth-order valence-electron chi connectivity index (χ4n) is 2.09. The van der Waals surface area contributed by atoms with Crippen molar-refractivity contribution in [2.45, 2.75) is 6.92 Å². The number of nitrogens with zero attached hydrogens (tertiary/aromatic N) is 1. The van der Waals surface area contributed by atoms with Gasteiger partial charge < -0.3 is 0 Å². The first-order valence-corrected chi connectivity index (χ1v) is 6.24. The zero-order chi connectivity index (χ0) is 12.5. The van der Waals surface area contributed by atoms with E-state index < -0.39 is 0 Å². The van der Waals surface area contributed by atoms with Crippen molar-refractivity contribution in [3.63, 3.8) is 0 Å². The molecule has 0 bridgehead atoms. The Morgan fingerprint density at radius 1 is 1.00 bits per heavy atom. The maximum atomic E-state index is 6.19. The molecule has 0 radical (unpaired) electrons. The minimum Gasteiger partial charge on any atom is -0.256 e. The Morgan fingerprint density at radius 2 is 1.83 bits per heavy atom. The average molecular weight is 254 g/mol. The van der Waals surface area contributed by atoms with Crippen LogP contribution < -0.4 is 0 Å². The molecule has 88 valence electrons. The first kappa shape index (κ1) is 11.2. The van der Waals surface area contributed by atoms with Crippen LogP contribution in [0.5, 0.6) is 0 Å². The summed E-state index contributed by atoms with van der Waals surface area (Å²) < 4.78 is 0. The van der Waals surface area contributed by atoms with Gasteiger partial charge in [-0.15, -0.1) is 0 Å². The van der Waals surface area contributed by atoms with Crippen LogP contribution >= 0.6 is 11.6 Å². The normalized spacial score (nSPS) is 10.8. The molecule has 0 saturated carbocycles. The van der Waals surface area contributed by atoms with Crippen molar-refractivity contribution in [3.05, 3.63) is 65.3 Å². The van der Waals surface area contributed by atoms with Crippen LogP contribution in [0, 0.1) is 6.92 Å². The third-order valence-corrected chi connectivity index (χ3v) is 3.53. The molecule has 2 aromatic carbocycles. The van der Waals surface area contributed by atoms with Gasteiger partial charge in [0.1, 0.15) is 0 Å². The first-order chi connectivity index (χ1) is 8.75. The molecule has 18 heavy (non-hydrogen) atoms. The molecule has 0 amide bonds. The van der Waals surface area contributed by atoms with E-state index in [2.05, 4.69) is 23.2 Å². The van der Waals surface area contributed by atoms with Gasteiger partial charge in [0.05, 0.1) is 5.69 Å². The van der Waals surface area contributed by atoms with Crippen LogP contribution in [-0.4, -0.2) is 4.98 Å². The van der Waals surface area contributed by atoms with Crippen LogP contribution in [0.1, 0.15) is 5.56 Å². The summed E-state index contributed by atoms with van der Waals surface area (Å²) >= 11 is 6.19. The molecule has 1 nitrogen and oxygen atoms in total. The van der Waals surface area contributed by atoms with E-state index >= 15 is 0 Å². The summed E-state index contributed by atoms with van der Waals surface area (Å²) in [6.45, 7) is 2.00. The van der Waals surface area contributed by atoms with Crippen molar-refractivity contribution in [2.24, 2.45) is 0 Å².